The minimum absolute atomic E-state index is 0.0274. The summed E-state index contributed by atoms with van der Waals surface area (Å²) in [5.41, 5.74) is 6.32. The maximum absolute atomic E-state index is 13.3. The Bertz CT molecular complexity index is 1090. The van der Waals surface area contributed by atoms with E-state index in [1.54, 1.807) is 26.8 Å². The number of likely N-dealkylation sites (tertiary alicyclic amines) is 1. The average molecular weight is 508 g/mol. The molecule has 4 rings (SSSR count). The van der Waals surface area contributed by atoms with Gasteiger partial charge >= 0.3 is 12.1 Å². The lowest BCUT2D eigenvalue weighted by Gasteiger charge is -2.37. The third-order valence-corrected chi connectivity index (χ3v) is 7.23. The summed E-state index contributed by atoms with van der Waals surface area (Å²) in [6, 6.07) is 0.726. The molecule has 3 N–H and O–H groups in total. The molecule has 0 bridgehead atoms. The Labute approximate surface area is 208 Å². The number of carbonyl (C=O) groups excluding carboxylic acids is 3. The van der Waals surface area contributed by atoms with Crippen LogP contribution in [0.4, 0.5) is 4.79 Å². The number of nitrogens with zero attached hydrogens (tertiary/aromatic N) is 2. The van der Waals surface area contributed by atoms with E-state index in [0.29, 0.717) is 43.9 Å². The van der Waals surface area contributed by atoms with Crippen LogP contribution in [0, 0.1) is 0 Å². The first-order valence-corrected chi connectivity index (χ1v) is 12.0. The van der Waals surface area contributed by atoms with Gasteiger partial charge in [0.2, 0.25) is 5.91 Å². The molecule has 1 spiro atoms. The second-order valence-electron chi connectivity index (χ2n) is 10.4. The molecule has 0 aromatic heterocycles. The highest BCUT2D eigenvalue weighted by Crippen LogP contribution is 2.51. The average Bonchev–Trinajstić information content (AvgIpc) is 3.26. The number of amides is 3. The zero-order valence-electron chi connectivity index (χ0n) is 20.1. The van der Waals surface area contributed by atoms with Crippen LogP contribution >= 0.6 is 11.6 Å². The van der Waals surface area contributed by atoms with Gasteiger partial charge in [-0.25, -0.2) is 4.79 Å². The number of hydrogen-bond acceptors (Lipinski definition) is 6. The van der Waals surface area contributed by atoms with E-state index in [0.717, 1.165) is 5.56 Å². The number of rotatable bonds is 5. The van der Waals surface area contributed by atoms with Crippen molar-refractivity contribution >= 4 is 35.5 Å². The molecule has 0 aliphatic carbocycles. The number of fused-ring (bicyclic) bond motifs is 4. The molecule has 1 fully saturated rings. The van der Waals surface area contributed by atoms with E-state index in [1.165, 1.54) is 9.80 Å². The standard InChI is InChI=1S/C24H30ClN3O7/c1-23(2,3)35-17(29)5-4-16(20(26)30)28-11-13-18(21(28)31)15(25)10-14-19(13)34-12-24(14)6-8-27(9-7-24)22(32)33/h10,16H,4-9,11-12H2,1-3H3,(H2,26,30)(H,32,33). The Morgan fingerprint density at radius 2 is 1.94 bits per heavy atom. The fourth-order valence-electron chi connectivity index (χ4n) is 5.19. The van der Waals surface area contributed by atoms with Gasteiger partial charge in [0.25, 0.3) is 5.91 Å². The van der Waals surface area contributed by atoms with Crippen LogP contribution in [0.25, 0.3) is 0 Å². The van der Waals surface area contributed by atoms with Gasteiger partial charge in [0, 0.05) is 36.1 Å². The maximum Gasteiger partial charge on any atom is 0.407 e. The molecule has 3 amide bonds. The van der Waals surface area contributed by atoms with Gasteiger partial charge < -0.3 is 30.1 Å². The summed E-state index contributed by atoms with van der Waals surface area (Å²) in [4.78, 5) is 51.8. The second-order valence-corrected chi connectivity index (χ2v) is 10.8. The molecule has 35 heavy (non-hydrogen) atoms. The Hall–Kier alpha value is -3.01. The summed E-state index contributed by atoms with van der Waals surface area (Å²) < 4.78 is 11.4. The molecule has 3 aliphatic heterocycles. The van der Waals surface area contributed by atoms with Crippen molar-refractivity contribution in [3.8, 4) is 5.75 Å². The molecule has 1 aromatic rings. The van der Waals surface area contributed by atoms with Crippen molar-refractivity contribution in [2.45, 2.75) is 70.1 Å². The predicted molar refractivity (Wildman–Crippen MR) is 125 cm³/mol. The van der Waals surface area contributed by atoms with E-state index in [4.69, 9.17) is 26.8 Å². The largest absolute Gasteiger partial charge is 0.492 e. The summed E-state index contributed by atoms with van der Waals surface area (Å²) >= 11 is 6.58. The van der Waals surface area contributed by atoms with E-state index in [-0.39, 0.29) is 35.4 Å². The smallest absolute Gasteiger partial charge is 0.407 e. The highest BCUT2D eigenvalue weighted by molar-refractivity contribution is 6.34. The maximum atomic E-state index is 13.3. The van der Waals surface area contributed by atoms with Crippen LogP contribution in [0.2, 0.25) is 5.02 Å². The van der Waals surface area contributed by atoms with Crippen molar-refractivity contribution in [2.75, 3.05) is 19.7 Å². The lowest BCUT2D eigenvalue weighted by Crippen LogP contribution is -2.45. The second kappa shape index (κ2) is 8.89. The van der Waals surface area contributed by atoms with Crippen LogP contribution in [0.3, 0.4) is 0 Å². The van der Waals surface area contributed by atoms with Crippen molar-refractivity contribution in [3.05, 3.63) is 27.8 Å². The molecule has 3 heterocycles. The van der Waals surface area contributed by atoms with Gasteiger partial charge in [0.05, 0.1) is 23.7 Å². The first kappa shape index (κ1) is 25.1. The molecular formula is C24H30ClN3O7. The van der Waals surface area contributed by atoms with Crippen molar-refractivity contribution in [3.63, 3.8) is 0 Å². The van der Waals surface area contributed by atoms with Crippen molar-refractivity contribution in [2.24, 2.45) is 5.73 Å². The van der Waals surface area contributed by atoms with E-state index in [9.17, 15) is 24.3 Å². The van der Waals surface area contributed by atoms with Gasteiger partial charge in [-0.15, -0.1) is 0 Å². The first-order valence-electron chi connectivity index (χ1n) is 11.6. The number of piperidine rings is 1. The number of nitrogens with two attached hydrogens (primary N) is 1. The van der Waals surface area contributed by atoms with Crippen molar-refractivity contribution in [1.82, 2.24) is 9.80 Å². The third kappa shape index (κ3) is 4.63. The van der Waals surface area contributed by atoms with Crippen LogP contribution in [0.1, 0.15) is 67.9 Å². The Morgan fingerprint density at radius 1 is 1.29 bits per heavy atom. The van der Waals surface area contributed by atoms with E-state index >= 15 is 0 Å². The topological polar surface area (TPSA) is 139 Å². The molecule has 10 nitrogen and oxygen atoms in total. The Balaban J connectivity index is 1.57. The first-order chi connectivity index (χ1) is 16.3. The van der Waals surface area contributed by atoms with Gasteiger partial charge in [0.1, 0.15) is 17.4 Å². The van der Waals surface area contributed by atoms with Crippen molar-refractivity contribution in [1.29, 1.82) is 0 Å². The Kier molecular flexibility index (Phi) is 6.37. The lowest BCUT2D eigenvalue weighted by molar-refractivity contribution is -0.155. The highest BCUT2D eigenvalue weighted by Gasteiger charge is 2.48. The fraction of sp³-hybridized carbons (Fsp3) is 0.583. The monoisotopic (exact) mass is 507 g/mol. The summed E-state index contributed by atoms with van der Waals surface area (Å²) in [6.07, 6.45) is 0.171. The lowest BCUT2D eigenvalue weighted by atomic mass is 9.74. The Morgan fingerprint density at radius 3 is 2.51 bits per heavy atom. The summed E-state index contributed by atoms with van der Waals surface area (Å²) in [5, 5.41) is 9.54. The molecule has 190 valence electrons. The molecule has 0 saturated carbocycles. The fourth-order valence-corrected chi connectivity index (χ4v) is 5.49. The number of carboxylic acid groups (broad SMARTS) is 1. The molecule has 1 atom stereocenters. The quantitative estimate of drug-likeness (QED) is 0.584. The van der Waals surface area contributed by atoms with Crippen molar-refractivity contribution < 1.29 is 33.8 Å². The molecule has 1 aromatic carbocycles. The summed E-state index contributed by atoms with van der Waals surface area (Å²) in [5.74, 6) is -1.07. The minimum Gasteiger partial charge on any atom is -0.492 e. The van der Waals surface area contributed by atoms with Crippen LogP contribution in [0.15, 0.2) is 6.07 Å². The molecular weight excluding hydrogens is 478 g/mol. The number of ether oxygens (including phenoxy) is 2. The zero-order valence-corrected chi connectivity index (χ0v) is 20.8. The number of benzene rings is 1. The zero-order chi connectivity index (χ0) is 25.7. The number of esters is 1. The van der Waals surface area contributed by atoms with Crippen LogP contribution < -0.4 is 10.5 Å². The SMILES string of the molecule is CC(C)(C)OC(=O)CCC(C(N)=O)N1Cc2c3c(cc(Cl)c2C1=O)C1(CCN(C(=O)O)CC1)CO3. The van der Waals surface area contributed by atoms with E-state index < -0.39 is 35.5 Å². The van der Waals surface area contributed by atoms with Gasteiger partial charge in [-0.05, 0) is 46.1 Å². The molecule has 1 unspecified atom stereocenters. The summed E-state index contributed by atoms with van der Waals surface area (Å²) in [6.45, 7) is 6.46. The van der Waals surface area contributed by atoms with Crippen LogP contribution in [-0.2, 0) is 26.3 Å². The molecule has 0 radical (unpaired) electrons. The van der Waals surface area contributed by atoms with E-state index in [2.05, 4.69) is 0 Å². The number of hydrogen-bond donors (Lipinski definition) is 2. The van der Waals surface area contributed by atoms with Gasteiger partial charge in [0.15, 0.2) is 0 Å². The third-order valence-electron chi connectivity index (χ3n) is 6.94. The molecule has 3 aliphatic rings. The van der Waals surface area contributed by atoms with Gasteiger partial charge in [-0.2, -0.15) is 0 Å². The van der Waals surface area contributed by atoms with Gasteiger partial charge in [-0.1, -0.05) is 11.6 Å². The van der Waals surface area contributed by atoms with E-state index in [1.807, 2.05) is 0 Å². The minimum atomic E-state index is -1.01. The normalized spacial score (nSPS) is 19.3. The predicted octanol–water partition coefficient (Wildman–Crippen LogP) is 2.68. The number of carbonyl (C=O) groups is 4. The highest BCUT2D eigenvalue weighted by atomic mass is 35.5. The van der Waals surface area contributed by atoms with Crippen LogP contribution in [0.5, 0.6) is 5.75 Å². The van der Waals surface area contributed by atoms with Crippen LogP contribution in [-0.4, -0.2) is 70.1 Å². The molecule has 11 heteroatoms. The summed E-state index contributed by atoms with van der Waals surface area (Å²) in [7, 11) is 0. The van der Waals surface area contributed by atoms with Gasteiger partial charge in [-0.3, -0.25) is 14.4 Å². The molecule has 1 saturated heterocycles. The number of primary amides is 1. The number of halogens is 1.